The maximum Gasteiger partial charge on any atom is 0.158 e. The Kier molecular flexibility index (Phi) is 4.84. The van der Waals surface area contributed by atoms with Crippen molar-refractivity contribution in [2.24, 2.45) is 0 Å². The van der Waals surface area contributed by atoms with E-state index in [0.717, 1.165) is 53.1 Å². The Morgan fingerprint density at radius 2 is 1.88 bits per heavy atom. The number of rotatable bonds is 6. The maximum atomic E-state index is 13.5. The van der Waals surface area contributed by atoms with Gasteiger partial charge in [0.1, 0.15) is 17.7 Å². The zero-order valence-electron chi connectivity index (χ0n) is 17.9. The first-order valence-electron chi connectivity index (χ1n) is 10.9. The normalized spacial score (nSPS) is 14.0. The second kappa shape index (κ2) is 8.14. The van der Waals surface area contributed by atoms with E-state index < -0.39 is 0 Å². The Labute approximate surface area is 189 Å². The third-order valence-electron chi connectivity index (χ3n) is 5.95. The van der Waals surface area contributed by atoms with Crippen LogP contribution in [-0.2, 0) is 13.1 Å². The quantitative estimate of drug-likeness (QED) is 0.398. The fourth-order valence-corrected chi connectivity index (χ4v) is 4.36. The number of aromatic nitrogens is 5. The van der Waals surface area contributed by atoms with Gasteiger partial charge in [-0.2, -0.15) is 10.2 Å². The molecule has 0 saturated carbocycles. The van der Waals surface area contributed by atoms with Gasteiger partial charge in [0.15, 0.2) is 5.82 Å². The van der Waals surface area contributed by atoms with E-state index in [9.17, 15) is 4.39 Å². The number of hydrogen-bond donors (Lipinski definition) is 1. The fraction of sp³-hybridized carbons (Fsp3) is 0.160. The summed E-state index contributed by atoms with van der Waals surface area (Å²) in [6, 6.07) is 14.8. The number of anilines is 2. The molecular weight excluding hydrogens is 417 g/mol. The van der Waals surface area contributed by atoms with Crippen LogP contribution in [0.3, 0.4) is 0 Å². The average Bonchev–Trinajstić information content (AvgIpc) is 3.56. The molecule has 3 aromatic heterocycles. The van der Waals surface area contributed by atoms with Crippen molar-refractivity contribution in [2.45, 2.75) is 13.1 Å². The standard InChI is InChI=1S/C25H22FN7/c26-21-5-3-4-18(12-21)15-33-23-7-6-22(13-20(23)14-28-33)30-25-24-19(16-31-9-1-2-10-31)8-11-32(24)29-17-27-25/h1-8,11-14,17H,9-10,15-16H2,(H,27,29,30). The molecule has 5 aromatic rings. The minimum atomic E-state index is -0.239. The molecule has 0 unspecified atom stereocenters. The summed E-state index contributed by atoms with van der Waals surface area (Å²) < 4.78 is 17.3. The highest BCUT2D eigenvalue weighted by Gasteiger charge is 2.15. The zero-order valence-corrected chi connectivity index (χ0v) is 17.9. The molecule has 7 nitrogen and oxygen atoms in total. The van der Waals surface area contributed by atoms with E-state index in [1.165, 1.54) is 17.7 Å². The molecule has 0 radical (unpaired) electrons. The second-order valence-corrected chi connectivity index (χ2v) is 8.24. The van der Waals surface area contributed by atoms with Gasteiger partial charge in [0.25, 0.3) is 0 Å². The zero-order chi connectivity index (χ0) is 22.2. The van der Waals surface area contributed by atoms with Crippen molar-refractivity contribution >= 4 is 27.9 Å². The van der Waals surface area contributed by atoms with Gasteiger partial charge in [0.2, 0.25) is 0 Å². The number of nitrogens with one attached hydrogen (secondary N) is 1. The van der Waals surface area contributed by atoms with Crippen LogP contribution >= 0.6 is 0 Å². The third kappa shape index (κ3) is 3.85. The summed E-state index contributed by atoms with van der Waals surface area (Å²) in [4.78, 5) is 6.89. The third-order valence-corrected chi connectivity index (χ3v) is 5.95. The summed E-state index contributed by atoms with van der Waals surface area (Å²) in [6.07, 6.45) is 9.75. The topological polar surface area (TPSA) is 63.3 Å². The Morgan fingerprint density at radius 3 is 2.76 bits per heavy atom. The molecule has 0 saturated heterocycles. The van der Waals surface area contributed by atoms with Crippen LogP contribution in [0, 0.1) is 5.82 Å². The van der Waals surface area contributed by atoms with E-state index in [-0.39, 0.29) is 5.82 Å². The first-order valence-corrected chi connectivity index (χ1v) is 10.9. The Morgan fingerprint density at radius 1 is 0.970 bits per heavy atom. The molecule has 1 aliphatic rings. The second-order valence-electron chi connectivity index (χ2n) is 8.24. The van der Waals surface area contributed by atoms with Crippen LogP contribution in [0.4, 0.5) is 15.9 Å². The monoisotopic (exact) mass is 439 g/mol. The van der Waals surface area contributed by atoms with Crippen LogP contribution in [-0.4, -0.2) is 42.4 Å². The molecule has 0 atom stereocenters. The van der Waals surface area contributed by atoms with Crippen molar-refractivity contribution in [3.63, 3.8) is 0 Å². The van der Waals surface area contributed by atoms with E-state index >= 15 is 0 Å². The SMILES string of the molecule is Fc1cccc(Cn2ncc3cc(Nc4ncnn5ccc(CN6CC=CC6)c45)ccc32)c1. The minimum Gasteiger partial charge on any atom is -0.338 e. The molecule has 0 bridgehead atoms. The Hall–Kier alpha value is -4.04. The summed E-state index contributed by atoms with van der Waals surface area (Å²) in [6.45, 7) is 3.28. The molecule has 2 aromatic carbocycles. The fourth-order valence-electron chi connectivity index (χ4n) is 4.36. The van der Waals surface area contributed by atoms with Gasteiger partial charge in [0, 0.05) is 36.9 Å². The van der Waals surface area contributed by atoms with Crippen molar-refractivity contribution < 1.29 is 4.39 Å². The van der Waals surface area contributed by atoms with Crippen LogP contribution in [0.5, 0.6) is 0 Å². The summed E-state index contributed by atoms with van der Waals surface area (Å²) in [7, 11) is 0. The van der Waals surface area contributed by atoms with Gasteiger partial charge >= 0.3 is 0 Å². The molecule has 0 fully saturated rings. The molecule has 0 amide bonds. The summed E-state index contributed by atoms with van der Waals surface area (Å²) in [5, 5.41) is 13.3. The van der Waals surface area contributed by atoms with E-state index in [1.54, 1.807) is 12.4 Å². The molecule has 1 aliphatic heterocycles. The van der Waals surface area contributed by atoms with E-state index in [0.29, 0.717) is 6.54 Å². The van der Waals surface area contributed by atoms with Crippen LogP contribution in [0.2, 0.25) is 0 Å². The van der Waals surface area contributed by atoms with E-state index in [1.807, 2.05) is 39.8 Å². The maximum absolute atomic E-state index is 13.5. The number of hydrogen-bond acceptors (Lipinski definition) is 5. The molecule has 33 heavy (non-hydrogen) atoms. The van der Waals surface area contributed by atoms with Crippen LogP contribution in [0.1, 0.15) is 11.1 Å². The highest BCUT2D eigenvalue weighted by atomic mass is 19.1. The smallest absolute Gasteiger partial charge is 0.158 e. The van der Waals surface area contributed by atoms with Gasteiger partial charge in [0.05, 0.1) is 18.3 Å². The predicted molar refractivity (Wildman–Crippen MR) is 126 cm³/mol. The summed E-state index contributed by atoms with van der Waals surface area (Å²) in [5.74, 6) is 0.529. The molecule has 6 rings (SSSR count). The van der Waals surface area contributed by atoms with Crippen LogP contribution < -0.4 is 5.32 Å². The van der Waals surface area contributed by atoms with Gasteiger partial charge < -0.3 is 5.32 Å². The predicted octanol–water partition coefficient (Wildman–Crippen LogP) is 4.38. The molecule has 0 spiro atoms. The van der Waals surface area contributed by atoms with Gasteiger partial charge in [-0.05, 0) is 47.5 Å². The molecule has 4 heterocycles. The van der Waals surface area contributed by atoms with Gasteiger partial charge in [-0.3, -0.25) is 9.58 Å². The Balaban J connectivity index is 1.28. The lowest BCUT2D eigenvalue weighted by Gasteiger charge is -2.15. The highest BCUT2D eigenvalue weighted by Crippen LogP contribution is 2.27. The number of benzene rings is 2. The van der Waals surface area contributed by atoms with E-state index in [4.69, 9.17) is 0 Å². The molecule has 0 aliphatic carbocycles. The van der Waals surface area contributed by atoms with Gasteiger partial charge in [-0.25, -0.2) is 13.9 Å². The molecular formula is C25H22FN7. The lowest BCUT2D eigenvalue weighted by molar-refractivity contribution is 0.347. The largest absolute Gasteiger partial charge is 0.338 e. The minimum absolute atomic E-state index is 0.239. The summed E-state index contributed by atoms with van der Waals surface area (Å²) >= 11 is 0. The van der Waals surface area contributed by atoms with Crippen LogP contribution in [0.25, 0.3) is 16.4 Å². The lowest BCUT2D eigenvalue weighted by atomic mass is 10.2. The number of fused-ring (bicyclic) bond motifs is 2. The molecule has 1 N–H and O–H groups in total. The van der Waals surface area contributed by atoms with Crippen molar-refractivity contribution in [1.82, 2.24) is 29.3 Å². The molecule has 164 valence electrons. The molecule has 8 heteroatoms. The van der Waals surface area contributed by atoms with Gasteiger partial charge in [-0.1, -0.05) is 24.3 Å². The van der Waals surface area contributed by atoms with Crippen molar-refractivity contribution in [1.29, 1.82) is 0 Å². The van der Waals surface area contributed by atoms with Crippen molar-refractivity contribution in [3.8, 4) is 0 Å². The van der Waals surface area contributed by atoms with Gasteiger partial charge in [-0.15, -0.1) is 0 Å². The lowest BCUT2D eigenvalue weighted by Crippen LogP contribution is -2.19. The first-order chi connectivity index (χ1) is 16.2. The number of nitrogens with zero attached hydrogens (tertiary/aromatic N) is 6. The van der Waals surface area contributed by atoms with Crippen LogP contribution in [0.15, 0.2) is 79.4 Å². The first kappa shape index (κ1) is 19.6. The Bertz CT molecular complexity index is 1470. The number of halogens is 1. The highest BCUT2D eigenvalue weighted by molar-refractivity contribution is 5.85. The van der Waals surface area contributed by atoms with Crippen molar-refractivity contribution in [2.75, 3.05) is 18.4 Å². The van der Waals surface area contributed by atoms with Crippen molar-refractivity contribution in [3.05, 3.63) is 96.3 Å². The average molecular weight is 439 g/mol. The summed E-state index contributed by atoms with van der Waals surface area (Å²) in [5.41, 5.74) is 4.95. The van der Waals surface area contributed by atoms with E-state index in [2.05, 4.69) is 49.7 Å².